The minimum absolute atomic E-state index is 0.0806. The Labute approximate surface area is 109 Å². The van der Waals surface area contributed by atoms with E-state index in [4.69, 9.17) is 0 Å². The van der Waals surface area contributed by atoms with E-state index in [2.05, 4.69) is 16.9 Å². The Morgan fingerprint density at radius 3 is 2.53 bits per heavy atom. The average molecular weight is 260 g/mol. The highest BCUT2D eigenvalue weighted by atomic mass is 19.1. The summed E-state index contributed by atoms with van der Waals surface area (Å²) < 4.78 is 12.9. The number of hydrogen-bond donors (Lipinski definition) is 2. The highest BCUT2D eigenvalue weighted by Crippen LogP contribution is 2.45. The number of aromatic hydroxyl groups is 1. The fourth-order valence-corrected chi connectivity index (χ4v) is 2.23. The summed E-state index contributed by atoms with van der Waals surface area (Å²) in [6, 6.07) is 5.37. The standard InChI is InChI=1S/C14H13FN2O2/c1-7-6-10(7)12-16-13(18)11(14(19)17-12)8-2-4-9(15)5-3-8/h2-5,7,10H,6H2,1H3,(H2,16,17,18,19). The second-order valence-corrected chi connectivity index (χ2v) is 4.98. The van der Waals surface area contributed by atoms with Crippen molar-refractivity contribution in [2.24, 2.45) is 5.92 Å². The molecular formula is C14H13FN2O2. The Bertz CT molecular complexity index is 679. The van der Waals surface area contributed by atoms with Gasteiger partial charge in [-0.2, -0.15) is 4.98 Å². The maximum absolute atomic E-state index is 12.9. The van der Waals surface area contributed by atoms with E-state index < -0.39 is 11.4 Å². The number of nitrogens with zero attached hydrogens (tertiary/aromatic N) is 1. The van der Waals surface area contributed by atoms with Gasteiger partial charge in [-0.05, 0) is 30.0 Å². The van der Waals surface area contributed by atoms with Crippen LogP contribution in [-0.4, -0.2) is 15.1 Å². The summed E-state index contributed by atoms with van der Waals surface area (Å²) in [5.41, 5.74) is 0.133. The first-order valence-electron chi connectivity index (χ1n) is 6.15. The molecule has 0 saturated heterocycles. The van der Waals surface area contributed by atoms with Crippen LogP contribution in [0.5, 0.6) is 5.88 Å². The van der Waals surface area contributed by atoms with Crippen LogP contribution in [0.3, 0.4) is 0 Å². The summed E-state index contributed by atoms with van der Waals surface area (Å²) in [5.74, 6) is 0.543. The van der Waals surface area contributed by atoms with Crippen LogP contribution in [0.1, 0.15) is 25.1 Å². The van der Waals surface area contributed by atoms with Crippen molar-refractivity contribution in [3.8, 4) is 17.0 Å². The molecule has 2 aromatic rings. The number of rotatable bonds is 2. The molecule has 0 spiro atoms. The van der Waals surface area contributed by atoms with E-state index in [-0.39, 0.29) is 17.4 Å². The lowest BCUT2D eigenvalue weighted by molar-refractivity contribution is 0.449. The molecule has 1 heterocycles. The summed E-state index contributed by atoms with van der Waals surface area (Å²) in [6.45, 7) is 2.07. The quantitative estimate of drug-likeness (QED) is 0.871. The number of benzene rings is 1. The lowest BCUT2D eigenvalue weighted by atomic mass is 10.1. The largest absolute Gasteiger partial charge is 0.493 e. The van der Waals surface area contributed by atoms with Crippen LogP contribution in [0.15, 0.2) is 29.1 Å². The Balaban J connectivity index is 2.07. The molecule has 0 aliphatic heterocycles. The lowest BCUT2D eigenvalue weighted by Gasteiger charge is -2.05. The molecule has 3 rings (SSSR count). The smallest absolute Gasteiger partial charge is 0.262 e. The zero-order chi connectivity index (χ0) is 13.6. The minimum atomic E-state index is -0.395. The third kappa shape index (κ3) is 2.12. The number of H-pyrrole nitrogens is 1. The van der Waals surface area contributed by atoms with Gasteiger partial charge in [-0.3, -0.25) is 4.79 Å². The monoisotopic (exact) mass is 260 g/mol. The predicted octanol–water partition coefficient (Wildman–Crippen LogP) is 2.40. The van der Waals surface area contributed by atoms with E-state index >= 15 is 0 Å². The van der Waals surface area contributed by atoms with Crippen LogP contribution in [0.25, 0.3) is 11.1 Å². The lowest BCUT2D eigenvalue weighted by Crippen LogP contribution is -2.13. The van der Waals surface area contributed by atoms with Crippen LogP contribution in [0, 0.1) is 11.7 Å². The molecule has 2 atom stereocenters. The molecule has 1 aliphatic rings. The van der Waals surface area contributed by atoms with Gasteiger partial charge in [0.1, 0.15) is 17.2 Å². The van der Waals surface area contributed by atoms with Gasteiger partial charge < -0.3 is 10.1 Å². The molecular weight excluding hydrogens is 247 g/mol. The maximum Gasteiger partial charge on any atom is 0.262 e. The summed E-state index contributed by atoms with van der Waals surface area (Å²) in [6.07, 6.45) is 0.971. The first kappa shape index (κ1) is 11.9. The number of aromatic nitrogens is 2. The van der Waals surface area contributed by atoms with Gasteiger partial charge in [-0.25, -0.2) is 4.39 Å². The van der Waals surface area contributed by atoms with Crippen molar-refractivity contribution in [2.45, 2.75) is 19.3 Å². The van der Waals surface area contributed by atoms with Crippen molar-refractivity contribution in [3.05, 3.63) is 46.3 Å². The van der Waals surface area contributed by atoms with E-state index in [1.807, 2.05) is 0 Å². The third-order valence-electron chi connectivity index (χ3n) is 3.51. The maximum atomic E-state index is 12.9. The number of nitrogens with one attached hydrogen (secondary N) is 1. The van der Waals surface area contributed by atoms with E-state index in [9.17, 15) is 14.3 Å². The number of halogens is 1. The number of aromatic amines is 1. The van der Waals surface area contributed by atoms with Gasteiger partial charge in [0.15, 0.2) is 0 Å². The Kier molecular flexibility index (Phi) is 2.62. The molecule has 0 amide bonds. The van der Waals surface area contributed by atoms with Crippen LogP contribution < -0.4 is 5.56 Å². The van der Waals surface area contributed by atoms with E-state index in [1.165, 1.54) is 24.3 Å². The van der Waals surface area contributed by atoms with Crippen molar-refractivity contribution >= 4 is 0 Å². The molecule has 0 bridgehead atoms. The molecule has 2 unspecified atom stereocenters. The second kappa shape index (κ2) is 4.19. The van der Waals surface area contributed by atoms with E-state index in [0.717, 1.165) is 6.42 Å². The molecule has 0 radical (unpaired) electrons. The third-order valence-corrected chi connectivity index (χ3v) is 3.51. The highest BCUT2D eigenvalue weighted by molar-refractivity contribution is 5.67. The van der Waals surface area contributed by atoms with Gasteiger partial charge in [0.2, 0.25) is 5.88 Å². The zero-order valence-electron chi connectivity index (χ0n) is 10.4. The molecule has 4 nitrogen and oxygen atoms in total. The van der Waals surface area contributed by atoms with E-state index in [0.29, 0.717) is 17.3 Å². The van der Waals surface area contributed by atoms with Crippen molar-refractivity contribution in [1.82, 2.24) is 9.97 Å². The van der Waals surface area contributed by atoms with Gasteiger partial charge in [-0.15, -0.1) is 0 Å². The fourth-order valence-electron chi connectivity index (χ4n) is 2.23. The normalized spacial score (nSPS) is 21.4. The molecule has 1 saturated carbocycles. The molecule has 1 aromatic carbocycles. The van der Waals surface area contributed by atoms with Gasteiger partial charge in [0, 0.05) is 5.92 Å². The van der Waals surface area contributed by atoms with Crippen molar-refractivity contribution in [3.63, 3.8) is 0 Å². The van der Waals surface area contributed by atoms with Crippen LogP contribution in [0.4, 0.5) is 4.39 Å². The van der Waals surface area contributed by atoms with Crippen molar-refractivity contribution in [2.75, 3.05) is 0 Å². The summed E-state index contributed by atoms with van der Waals surface area (Å²) >= 11 is 0. The van der Waals surface area contributed by atoms with Crippen LogP contribution in [0.2, 0.25) is 0 Å². The molecule has 5 heteroatoms. The first-order chi connectivity index (χ1) is 9.06. The van der Waals surface area contributed by atoms with Gasteiger partial charge in [0.05, 0.1) is 0 Å². The van der Waals surface area contributed by atoms with E-state index in [1.54, 1.807) is 0 Å². The first-order valence-corrected chi connectivity index (χ1v) is 6.15. The second-order valence-electron chi connectivity index (χ2n) is 4.98. The predicted molar refractivity (Wildman–Crippen MR) is 68.4 cm³/mol. The Morgan fingerprint density at radius 1 is 1.37 bits per heavy atom. The fraction of sp³-hybridized carbons (Fsp3) is 0.286. The zero-order valence-corrected chi connectivity index (χ0v) is 10.4. The van der Waals surface area contributed by atoms with Crippen molar-refractivity contribution in [1.29, 1.82) is 0 Å². The van der Waals surface area contributed by atoms with Gasteiger partial charge in [0.25, 0.3) is 5.56 Å². The highest BCUT2D eigenvalue weighted by Gasteiger charge is 2.36. The minimum Gasteiger partial charge on any atom is -0.493 e. The average Bonchev–Trinajstić information content (AvgIpc) is 3.08. The Hall–Kier alpha value is -2.17. The van der Waals surface area contributed by atoms with Gasteiger partial charge >= 0.3 is 0 Å². The van der Waals surface area contributed by atoms with Crippen molar-refractivity contribution < 1.29 is 9.50 Å². The molecule has 1 fully saturated rings. The van der Waals surface area contributed by atoms with Crippen LogP contribution >= 0.6 is 0 Å². The molecule has 98 valence electrons. The summed E-state index contributed by atoms with van der Waals surface area (Å²) in [7, 11) is 0. The summed E-state index contributed by atoms with van der Waals surface area (Å²) in [4.78, 5) is 18.8. The summed E-state index contributed by atoms with van der Waals surface area (Å²) in [5, 5.41) is 9.93. The van der Waals surface area contributed by atoms with Crippen LogP contribution in [-0.2, 0) is 0 Å². The molecule has 2 N–H and O–H groups in total. The Morgan fingerprint density at radius 2 is 2.00 bits per heavy atom. The topological polar surface area (TPSA) is 66.0 Å². The molecule has 1 aliphatic carbocycles. The molecule has 19 heavy (non-hydrogen) atoms. The number of hydrogen-bond acceptors (Lipinski definition) is 3. The molecule has 1 aromatic heterocycles. The SMILES string of the molecule is CC1CC1c1nc(O)c(-c2ccc(F)cc2)c(=O)[nH]1. The van der Waals surface area contributed by atoms with Gasteiger partial charge in [-0.1, -0.05) is 19.1 Å².